The van der Waals surface area contributed by atoms with Crippen molar-refractivity contribution in [3.8, 4) is 5.75 Å². The first-order valence-corrected chi connectivity index (χ1v) is 9.45. The summed E-state index contributed by atoms with van der Waals surface area (Å²) < 4.78 is 5.67. The number of hydrogen-bond donors (Lipinski definition) is 1. The average molecular weight is 399 g/mol. The van der Waals surface area contributed by atoms with Gasteiger partial charge in [-0.2, -0.15) is 0 Å². The van der Waals surface area contributed by atoms with E-state index in [2.05, 4.69) is 5.32 Å². The summed E-state index contributed by atoms with van der Waals surface area (Å²) in [4.78, 5) is 26.8. The molecule has 27 heavy (non-hydrogen) atoms. The second kappa shape index (κ2) is 8.37. The molecule has 3 rings (SSSR count). The fourth-order valence-electron chi connectivity index (χ4n) is 2.63. The Bertz CT molecular complexity index is 940. The molecule has 0 saturated carbocycles. The van der Waals surface area contributed by atoms with Crippen molar-refractivity contribution in [3.63, 3.8) is 0 Å². The van der Waals surface area contributed by atoms with Crippen LogP contribution in [0.25, 0.3) is 6.08 Å². The Hall–Kier alpha value is -2.64. The molecule has 0 unspecified atom stereocenters. The van der Waals surface area contributed by atoms with Gasteiger partial charge in [0, 0.05) is 11.3 Å². The number of aryl methyl sites for hydroxylation is 1. The van der Waals surface area contributed by atoms with Crippen molar-refractivity contribution in [2.24, 2.45) is 0 Å². The van der Waals surface area contributed by atoms with Crippen molar-refractivity contribution < 1.29 is 14.3 Å². The van der Waals surface area contributed by atoms with Gasteiger partial charge in [-0.05, 0) is 36.8 Å². The number of rotatable bonds is 5. The number of para-hydroxylation sites is 1. The molecule has 138 valence electrons. The molecule has 0 atom stereocenters. The van der Waals surface area contributed by atoms with E-state index in [9.17, 15) is 9.59 Å². The van der Waals surface area contributed by atoms with Crippen LogP contribution in [0.2, 0.25) is 0 Å². The Morgan fingerprint density at radius 3 is 2.78 bits per heavy atom. The molecule has 7 heteroatoms. The van der Waals surface area contributed by atoms with Gasteiger partial charge < -0.3 is 10.1 Å². The van der Waals surface area contributed by atoms with Crippen LogP contribution in [0.1, 0.15) is 11.1 Å². The summed E-state index contributed by atoms with van der Waals surface area (Å²) in [6.45, 7) is 1.82. The number of anilines is 1. The Morgan fingerprint density at radius 2 is 2.04 bits per heavy atom. The number of hydrogen-bond acceptors (Lipinski definition) is 5. The molecule has 1 saturated heterocycles. The fourth-order valence-corrected chi connectivity index (χ4v) is 3.88. The lowest BCUT2D eigenvalue weighted by Gasteiger charge is -2.14. The maximum Gasteiger partial charge on any atom is 0.266 e. The molecule has 1 aliphatic rings. The largest absolute Gasteiger partial charge is 0.496 e. The zero-order valence-electron chi connectivity index (χ0n) is 14.9. The highest BCUT2D eigenvalue weighted by atomic mass is 32.2. The Balaban J connectivity index is 1.72. The van der Waals surface area contributed by atoms with Crippen LogP contribution in [0, 0.1) is 6.92 Å². The maximum absolute atomic E-state index is 12.7. The molecule has 2 amide bonds. The molecule has 1 N–H and O–H groups in total. The van der Waals surface area contributed by atoms with Crippen molar-refractivity contribution in [3.05, 3.63) is 64.6 Å². The molecular weight excluding hydrogens is 380 g/mol. The molecular formula is C20H18N2O3S2. The van der Waals surface area contributed by atoms with Crippen LogP contribution in [0.15, 0.2) is 53.4 Å². The molecule has 1 aliphatic heterocycles. The van der Waals surface area contributed by atoms with Crippen LogP contribution in [0.3, 0.4) is 0 Å². The van der Waals surface area contributed by atoms with Gasteiger partial charge in [0.25, 0.3) is 5.91 Å². The average Bonchev–Trinajstić information content (AvgIpc) is 2.89. The van der Waals surface area contributed by atoms with E-state index in [4.69, 9.17) is 17.0 Å². The molecule has 0 aromatic heterocycles. The lowest BCUT2D eigenvalue weighted by atomic mass is 10.2. The zero-order valence-corrected chi connectivity index (χ0v) is 16.5. The summed E-state index contributed by atoms with van der Waals surface area (Å²) >= 11 is 6.47. The minimum absolute atomic E-state index is 0.123. The van der Waals surface area contributed by atoms with Gasteiger partial charge in [0.2, 0.25) is 5.91 Å². The molecule has 2 aromatic rings. The van der Waals surface area contributed by atoms with Gasteiger partial charge in [-0.15, -0.1) is 0 Å². The predicted molar refractivity (Wildman–Crippen MR) is 113 cm³/mol. The summed E-state index contributed by atoms with van der Waals surface area (Å²) in [5.74, 6) is 0.0886. The minimum atomic E-state index is -0.296. The molecule has 1 fully saturated rings. The quantitative estimate of drug-likeness (QED) is 0.613. The first-order chi connectivity index (χ1) is 13.0. The normalized spacial score (nSPS) is 15.3. The Kier molecular flexibility index (Phi) is 5.93. The van der Waals surface area contributed by atoms with Crippen LogP contribution in [0.4, 0.5) is 5.69 Å². The van der Waals surface area contributed by atoms with Crippen molar-refractivity contribution >= 4 is 51.9 Å². The number of nitrogens with zero attached hydrogens (tertiary/aromatic N) is 1. The van der Waals surface area contributed by atoms with Gasteiger partial charge in [0.15, 0.2) is 0 Å². The standard InChI is InChI=1S/C20H18N2O3S2/c1-13-6-5-8-15(10-13)21-18(23)12-22-19(24)17(27-20(22)26)11-14-7-3-4-9-16(14)25-2/h3-11H,12H2,1-2H3,(H,21,23)/b17-11-. The predicted octanol–water partition coefficient (Wildman–Crippen LogP) is 3.84. The van der Waals surface area contributed by atoms with Gasteiger partial charge in [-0.25, -0.2) is 0 Å². The summed E-state index contributed by atoms with van der Waals surface area (Å²) in [5, 5.41) is 2.79. The van der Waals surface area contributed by atoms with Crippen molar-refractivity contribution in [1.82, 2.24) is 4.90 Å². The van der Waals surface area contributed by atoms with Gasteiger partial charge >= 0.3 is 0 Å². The molecule has 2 aromatic carbocycles. The van der Waals surface area contributed by atoms with E-state index in [1.54, 1.807) is 19.3 Å². The fraction of sp³-hybridized carbons (Fsp3) is 0.150. The topological polar surface area (TPSA) is 58.6 Å². The van der Waals surface area contributed by atoms with Crippen LogP contribution < -0.4 is 10.1 Å². The van der Waals surface area contributed by atoms with Crippen LogP contribution in [0.5, 0.6) is 5.75 Å². The third kappa shape index (κ3) is 4.56. The van der Waals surface area contributed by atoms with Crippen LogP contribution >= 0.6 is 24.0 Å². The summed E-state index contributed by atoms with van der Waals surface area (Å²) in [5.41, 5.74) is 2.51. The van der Waals surface area contributed by atoms with E-state index in [0.29, 0.717) is 20.7 Å². The molecule has 1 heterocycles. The number of ether oxygens (including phenoxy) is 1. The Labute approximate surface area is 167 Å². The highest BCUT2D eigenvalue weighted by molar-refractivity contribution is 8.26. The lowest BCUT2D eigenvalue weighted by Crippen LogP contribution is -2.36. The SMILES string of the molecule is COc1ccccc1/C=C1\SC(=S)N(CC(=O)Nc2cccc(C)c2)C1=O. The number of thiocarbonyl (C=S) groups is 1. The van der Waals surface area contributed by atoms with E-state index in [1.807, 2.05) is 49.4 Å². The minimum Gasteiger partial charge on any atom is -0.496 e. The number of amides is 2. The van der Waals surface area contributed by atoms with E-state index in [0.717, 1.165) is 11.1 Å². The van der Waals surface area contributed by atoms with E-state index >= 15 is 0 Å². The third-order valence-corrected chi connectivity index (χ3v) is 5.28. The Morgan fingerprint density at radius 1 is 1.26 bits per heavy atom. The third-order valence-electron chi connectivity index (χ3n) is 3.90. The first-order valence-electron chi connectivity index (χ1n) is 8.23. The smallest absolute Gasteiger partial charge is 0.266 e. The van der Waals surface area contributed by atoms with Gasteiger partial charge in [0.1, 0.15) is 16.6 Å². The highest BCUT2D eigenvalue weighted by Gasteiger charge is 2.33. The molecule has 5 nitrogen and oxygen atoms in total. The van der Waals surface area contributed by atoms with Crippen LogP contribution in [-0.2, 0) is 9.59 Å². The molecule has 0 aliphatic carbocycles. The zero-order chi connectivity index (χ0) is 19.4. The van der Waals surface area contributed by atoms with Gasteiger partial charge in [-0.3, -0.25) is 14.5 Å². The number of benzene rings is 2. The summed E-state index contributed by atoms with van der Waals surface area (Å²) in [7, 11) is 1.58. The number of nitrogens with one attached hydrogen (secondary N) is 1. The highest BCUT2D eigenvalue weighted by Crippen LogP contribution is 2.34. The second-order valence-electron chi connectivity index (χ2n) is 5.93. The van der Waals surface area contributed by atoms with Gasteiger partial charge in [0.05, 0.1) is 12.0 Å². The number of carbonyl (C=O) groups is 2. The maximum atomic E-state index is 12.7. The van der Waals surface area contributed by atoms with Crippen LogP contribution in [-0.4, -0.2) is 34.7 Å². The number of thioether (sulfide) groups is 1. The molecule has 0 spiro atoms. The summed E-state index contributed by atoms with van der Waals surface area (Å²) in [6.07, 6.45) is 1.73. The molecule has 0 radical (unpaired) electrons. The second-order valence-corrected chi connectivity index (χ2v) is 7.60. The number of carbonyl (C=O) groups excluding carboxylic acids is 2. The summed E-state index contributed by atoms with van der Waals surface area (Å²) in [6, 6.07) is 14.9. The van der Waals surface area contributed by atoms with E-state index in [1.165, 1.54) is 16.7 Å². The van der Waals surface area contributed by atoms with Crippen molar-refractivity contribution in [1.29, 1.82) is 0 Å². The van der Waals surface area contributed by atoms with E-state index in [-0.39, 0.29) is 18.4 Å². The van der Waals surface area contributed by atoms with E-state index < -0.39 is 0 Å². The van der Waals surface area contributed by atoms with Crippen molar-refractivity contribution in [2.45, 2.75) is 6.92 Å². The number of methoxy groups -OCH3 is 1. The lowest BCUT2D eigenvalue weighted by molar-refractivity contribution is -0.126. The first kappa shape index (κ1) is 19.1. The van der Waals surface area contributed by atoms with Crippen molar-refractivity contribution in [2.75, 3.05) is 19.0 Å². The molecule has 0 bridgehead atoms. The van der Waals surface area contributed by atoms with Gasteiger partial charge in [-0.1, -0.05) is 54.3 Å². The monoisotopic (exact) mass is 398 g/mol.